The molecule has 0 amide bonds. The Morgan fingerprint density at radius 2 is 2.00 bits per heavy atom. The highest BCUT2D eigenvalue weighted by Gasteiger charge is 2.45. The summed E-state index contributed by atoms with van der Waals surface area (Å²) in [6.07, 6.45) is 1.26. The number of Topliss-reactive ketones (excluding diaryl/α,β-unsaturated/α-hetero) is 1. The van der Waals surface area contributed by atoms with Gasteiger partial charge in [-0.3, -0.25) is 4.79 Å². The van der Waals surface area contributed by atoms with Crippen LogP contribution in [0.4, 0.5) is 0 Å². The van der Waals surface area contributed by atoms with Gasteiger partial charge in [0, 0.05) is 5.56 Å². The number of phenolic OH excluding ortho intramolecular Hbond substituents is 2. The maximum Gasteiger partial charge on any atom is 0.198 e. The van der Waals surface area contributed by atoms with E-state index in [1.165, 1.54) is 18.2 Å². The van der Waals surface area contributed by atoms with Crippen molar-refractivity contribution in [2.24, 2.45) is 0 Å². The average molecular weight is 290 g/mol. The van der Waals surface area contributed by atoms with Crippen molar-refractivity contribution in [3.8, 4) is 11.5 Å². The Morgan fingerprint density at radius 3 is 2.62 bits per heavy atom. The standard InChI is InChI=1S/C15H14O6/c1-2-10(16)8-6-7-15(21,14(20)12(8)18)9-4-3-5-11(17)13(9)19/h2-7,14,16-17,19-21H,1H2. The minimum atomic E-state index is -2.22. The normalized spacial score (nSPS) is 27.5. The molecule has 0 aliphatic heterocycles. The summed E-state index contributed by atoms with van der Waals surface area (Å²) in [5.74, 6) is -2.50. The number of carbonyl (C=O) groups is 1. The molecule has 0 fully saturated rings. The number of para-hydroxylation sites is 1. The van der Waals surface area contributed by atoms with E-state index in [0.29, 0.717) is 0 Å². The summed E-state index contributed by atoms with van der Waals surface area (Å²) in [7, 11) is 0. The van der Waals surface area contributed by atoms with Gasteiger partial charge in [-0.1, -0.05) is 18.7 Å². The topological polar surface area (TPSA) is 118 Å². The van der Waals surface area contributed by atoms with Gasteiger partial charge >= 0.3 is 0 Å². The van der Waals surface area contributed by atoms with Crippen LogP contribution >= 0.6 is 0 Å². The fraction of sp³-hybridized carbons (Fsp3) is 0.133. The zero-order chi connectivity index (χ0) is 15.8. The molecule has 0 aromatic heterocycles. The van der Waals surface area contributed by atoms with Crippen LogP contribution in [0.3, 0.4) is 0 Å². The first-order chi connectivity index (χ1) is 9.82. The third-order valence-electron chi connectivity index (χ3n) is 3.35. The lowest BCUT2D eigenvalue weighted by atomic mass is 9.79. The van der Waals surface area contributed by atoms with Crippen LogP contribution in [-0.4, -0.2) is 37.4 Å². The van der Waals surface area contributed by atoms with Crippen molar-refractivity contribution in [3.63, 3.8) is 0 Å². The first-order valence-electron chi connectivity index (χ1n) is 6.04. The van der Waals surface area contributed by atoms with Crippen molar-refractivity contribution >= 4 is 5.78 Å². The summed E-state index contributed by atoms with van der Waals surface area (Å²) in [5.41, 5.74) is -2.65. The van der Waals surface area contributed by atoms with E-state index in [1.807, 2.05) is 0 Å². The third kappa shape index (κ3) is 2.20. The molecule has 2 atom stereocenters. The van der Waals surface area contributed by atoms with E-state index in [9.17, 15) is 30.3 Å². The number of aliphatic hydroxyl groups is 3. The molecular weight excluding hydrogens is 276 g/mol. The predicted octanol–water partition coefficient (Wildman–Crippen LogP) is 0.783. The lowest BCUT2D eigenvalue weighted by Gasteiger charge is -2.33. The Bertz CT molecular complexity index is 673. The van der Waals surface area contributed by atoms with Crippen molar-refractivity contribution < 1.29 is 30.3 Å². The molecule has 1 aromatic carbocycles. The predicted molar refractivity (Wildman–Crippen MR) is 73.7 cm³/mol. The van der Waals surface area contributed by atoms with E-state index >= 15 is 0 Å². The van der Waals surface area contributed by atoms with Gasteiger partial charge in [0.25, 0.3) is 0 Å². The van der Waals surface area contributed by atoms with Crippen LogP contribution in [0.1, 0.15) is 5.56 Å². The number of aliphatic hydroxyl groups excluding tert-OH is 2. The van der Waals surface area contributed by atoms with Crippen LogP contribution in [0.15, 0.2) is 54.3 Å². The number of carbonyl (C=O) groups excluding carboxylic acids is 1. The summed E-state index contributed by atoms with van der Waals surface area (Å²) in [4.78, 5) is 12.0. The molecule has 110 valence electrons. The van der Waals surface area contributed by atoms with Gasteiger partial charge in [-0.2, -0.15) is 0 Å². The van der Waals surface area contributed by atoms with E-state index in [1.54, 1.807) is 0 Å². The van der Waals surface area contributed by atoms with Crippen LogP contribution in [0, 0.1) is 0 Å². The minimum Gasteiger partial charge on any atom is -0.507 e. The number of aromatic hydroxyl groups is 2. The molecule has 2 unspecified atom stereocenters. The van der Waals surface area contributed by atoms with Crippen LogP contribution < -0.4 is 0 Å². The highest BCUT2D eigenvalue weighted by Crippen LogP contribution is 2.41. The first kappa shape index (κ1) is 14.8. The molecule has 6 nitrogen and oxygen atoms in total. The summed E-state index contributed by atoms with van der Waals surface area (Å²) in [6, 6.07) is 3.80. The second-order valence-electron chi connectivity index (χ2n) is 4.60. The second kappa shape index (κ2) is 5.08. The van der Waals surface area contributed by atoms with Gasteiger partial charge < -0.3 is 25.5 Å². The maximum absolute atomic E-state index is 12.0. The van der Waals surface area contributed by atoms with Crippen molar-refractivity contribution in [3.05, 3.63) is 59.9 Å². The Kier molecular flexibility index (Phi) is 3.59. The van der Waals surface area contributed by atoms with E-state index in [2.05, 4.69) is 6.58 Å². The van der Waals surface area contributed by atoms with E-state index in [-0.39, 0.29) is 11.1 Å². The number of phenols is 2. The van der Waals surface area contributed by atoms with Gasteiger partial charge in [-0.25, -0.2) is 0 Å². The molecule has 1 aliphatic carbocycles. The molecule has 5 N–H and O–H groups in total. The summed E-state index contributed by atoms with van der Waals surface area (Å²) >= 11 is 0. The average Bonchev–Trinajstić information content (AvgIpc) is 2.47. The third-order valence-corrected chi connectivity index (χ3v) is 3.35. The molecule has 21 heavy (non-hydrogen) atoms. The van der Waals surface area contributed by atoms with Crippen LogP contribution in [0.25, 0.3) is 0 Å². The number of allylic oxidation sites excluding steroid dienone is 2. The summed E-state index contributed by atoms with van der Waals surface area (Å²) in [5, 5.41) is 49.3. The van der Waals surface area contributed by atoms with Crippen LogP contribution in [0.5, 0.6) is 11.5 Å². The van der Waals surface area contributed by atoms with Crippen molar-refractivity contribution in [2.45, 2.75) is 11.7 Å². The van der Waals surface area contributed by atoms with Crippen molar-refractivity contribution in [1.29, 1.82) is 0 Å². The Labute approximate surface area is 120 Å². The Morgan fingerprint density at radius 1 is 1.33 bits per heavy atom. The van der Waals surface area contributed by atoms with E-state index in [4.69, 9.17) is 0 Å². The number of rotatable bonds is 2. The highest BCUT2D eigenvalue weighted by atomic mass is 16.4. The fourth-order valence-corrected chi connectivity index (χ4v) is 2.14. The highest BCUT2D eigenvalue weighted by molar-refractivity contribution is 6.04. The number of hydrogen-bond acceptors (Lipinski definition) is 6. The SMILES string of the molecule is C=CC(O)=C1C=CC(O)(c2cccc(O)c2O)C(O)C1=O. The lowest BCUT2D eigenvalue weighted by molar-refractivity contribution is -0.136. The van der Waals surface area contributed by atoms with Crippen LogP contribution in [0.2, 0.25) is 0 Å². The molecule has 0 radical (unpaired) electrons. The molecule has 0 heterocycles. The second-order valence-corrected chi connectivity index (χ2v) is 4.60. The van der Waals surface area contributed by atoms with Crippen molar-refractivity contribution in [2.75, 3.05) is 0 Å². The molecular formula is C15H14O6. The van der Waals surface area contributed by atoms with E-state index in [0.717, 1.165) is 18.2 Å². The number of benzene rings is 1. The molecule has 6 heteroatoms. The smallest absolute Gasteiger partial charge is 0.198 e. The molecule has 0 saturated carbocycles. The van der Waals surface area contributed by atoms with Crippen LogP contribution in [-0.2, 0) is 10.4 Å². The van der Waals surface area contributed by atoms with Gasteiger partial charge in [0.15, 0.2) is 23.4 Å². The maximum atomic E-state index is 12.0. The first-order valence-corrected chi connectivity index (χ1v) is 6.04. The molecule has 0 saturated heterocycles. The largest absolute Gasteiger partial charge is 0.507 e. The Balaban J connectivity index is 2.62. The van der Waals surface area contributed by atoms with Gasteiger partial charge in [-0.05, 0) is 24.3 Å². The molecule has 1 aromatic rings. The Hall–Kier alpha value is -2.57. The molecule has 2 rings (SSSR count). The fourth-order valence-electron chi connectivity index (χ4n) is 2.14. The summed E-state index contributed by atoms with van der Waals surface area (Å²) in [6.45, 7) is 3.30. The lowest BCUT2D eigenvalue weighted by Crippen LogP contribution is -2.46. The number of hydrogen-bond donors (Lipinski definition) is 5. The number of ketones is 1. The zero-order valence-corrected chi connectivity index (χ0v) is 10.9. The van der Waals surface area contributed by atoms with Gasteiger partial charge in [0.2, 0.25) is 0 Å². The quantitative estimate of drug-likeness (QED) is 0.312. The molecule has 0 bridgehead atoms. The summed E-state index contributed by atoms with van der Waals surface area (Å²) < 4.78 is 0. The van der Waals surface area contributed by atoms with Gasteiger partial charge in [0.1, 0.15) is 11.4 Å². The van der Waals surface area contributed by atoms with E-state index < -0.39 is 34.7 Å². The zero-order valence-electron chi connectivity index (χ0n) is 10.9. The van der Waals surface area contributed by atoms with Gasteiger partial charge in [-0.15, -0.1) is 0 Å². The van der Waals surface area contributed by atoms with Gasteiger partial charge in [0.05, 0.1) is 5.57 Å². The van der Waals surface area contributed by atoms with Crippen molar-refractivity contribution in [1.82, 2.24) is 0 Å². The molecule has 1 aliphatic rings. The minimum absolute atomic E-state index is 0.207. The monoisotopic (exact) mass is 290 g/mol. The molecule has 0 spiro atoms.